The summed E-state index contributed by atoms with van der Waals surface area (Å²) in [7, 11) is 0. The quantitative estimate of drug-likeness (QED) is 0.601. The Balaban J connectivity index is 1.76. The summed E-state index contributed by atoms with van der Waals surface area (Å²) in [4.78, 5) is 0. The molecular formula is C15H22ClN. The molecule has 0 radical (unpaired) electrons. The van der Waals surface area contributed by atoms with Gasteiger partial charge in [0.05, 0.1) is 0 Å². The number of hydrogen-bond acceptors (Lipinski definition) is 1. The van der Waals surface area contributed by atoms with Gasteiger partial charge in [-0.1, -0.05) is 25.1 Å². The Bertz CT molecular complexity index is 362. The van der Waals surface area contributed by atoms with Gasteiger partial charge in [-0.05, 0) is 55.3 Å². The number of nitrogens with one attached hydrogen (secondary N) is 1. The molecule has 1 aromatic carbocycles. The second-order valence-electron chi connectivity index (χ2n) is 4.93. The lowest BCUT2D eigenvalue weighted by molar-refractivity contribution is 0.621. The monoisotopic (exact) mass is 251 g/mol. The van der Waals surface area contributed by atoms with Crippen LogP contribution in [0.5, 0.6) is 0 Å². The fraction of sp³-hybridized carbons (Fsp3) is 0.600. The summed E-state index contributed by atoms with van der Waals surface area (Å²) in [5, 5.41) is 3.80. The van der Waals surface area contributed by atoms with Crippen LogP contribution in [0.25, 0.3) is 0 Å². The first-order chi connectivity index (χ1) is 8.29. The maximum Gasteiger partial charge on any atom is 0.0345 e. The zero-order valence-electron chi connectivity index (χ0n) is 10.6. The summed E-state index contributed by atoms with van der Waals surface area (Å²) >= 11 is 6.08. The number of halogens is 1. The third-order valence-corrected chi connectivity index (χ3v) is 4.10. The summed E-state index contributed by atoms with van der Waals surface area (Å²) < 4.78 is 0. The first-order valence-corrected chi connectivity index (χ1v) is 7.18. The van der Waals surface area contributed by atoms with E-state index in [1.165, 1.54) is 24.8 Å². The Hall–Kier alpha value is -0.530. The Morgan fingerprint density at radius 3 is 2.94 bits per heavy atom. The van der Waals surface area contributed by atoms with E-state index >= 15 is 0 Å². The van der Waals surface area contributed by atoms with Gasteiger partial charge in [0, 0.05) is 11.9 Å². The largest absolute Gasteiger partial charge is 0.313 e. The van der Waals surface area contributed by atoms with Gasteiger partial charge in [0.1, 0.15) is 0 Å². The van der Waals surface area contributed by atoms with E-state index in [1.807, 2.05) is 0 Å². The van der Waals surface area contributed by atoms with E-state index in [9.17, 15) is 0 Å². The summed E-state index contributed by atoms with van der Waals surface area (Å²) in [5.41, 5.74) is 4.53. The second kappa shape index (κ2) is 6.42. The molecule has 0 amide bonds. The van der Waals surface area contributed by atoms with Crippen molar-refractivity contribution in [3.05, 3.63) is 34.9 Å². The Morgan fingerprint density at radius 2 is 2.12 bits per heavy atom. The van der Waals surface area contributed by atoms with Crippen molar-refractivity contribution in [3.63, 3.8) is 0 Å². The van der Waals surface area contributed by atoms with Crippen LogP contribution in [0.3, 0.4) is 0 Å². The van der Waals surface area contributed by atoms with Gasteiger partial charge in [0.15, 0.2) is 0 Å². The van der Waals surface area contributed by atoms with Crippen molar-refractivity contribution in [1.29, 1.82) is 0 Å². The van der Waals surface area contributed by atoms with E-state index in [4.69, 9.17) is 11.6 Å². The van der Waals surface area contributed by atoms with Crippen LogP contribution in [0.4, 0.5) is 0 Å². The molecule has 1 nitrogen and oxygen atoms in total. The zero-order valence-corrected chi connectivity index (χ0v) is 11.4. The molecule has 94 valence electrons. The highest BCUT2D eigenvalue weighted by Crippen LogP contribution is 2.22. The van der Waals surface area contributed by atoms with E-state index < -0.39 is 0 Å². The molecule has 0 saturated heterocycles. The smallest absolute Gasteiger partial charge is 0.0345 e. The van der Waals surface area contributed by atoms with Crippen molar-refractivity contribution in [2.45, 2.75) is 50.9 Å². The standard InChI is InChI=1S/C15H22ClN/c1-2-15(16)8-9-17-11-12-6-7-13-4-3-5-14(13)10-12/h6-7,10,15,17H,2-5,8-9,11H2,1H3. The van der Waals surface area contributed by atoms with E-state index in [0.717, 1.165) is 25.9 Å². The summed E-state index contributed by atoms with van der Waals surface area (Å²) in [6.07, 6.45) is 5.98. The van der Waals surface area contributed by atoms with Crippen LogP contribution in [-0.4, -0.2) is 11.9 Å². The van der Waals surface area contributed by atoms with Crippen LogP contribution < -0.4 is 5.32 Å². The third-order valence-electron chi connectivity index (χ3n) is 3.57. The lowest BCUT2D eigenvalue weighted by Crippen LogP contribution is -2.17. The molecule has 0 saturated carbocycles. The topological polar surface area (TPSA) is 12.0 Å². The molecule has 0 spiro atoms. The Morgan fingerprint density at radius 1 is 1.29 bits per heavy atom. The number of alkyl halides is 1. The van der Waals surface area contributed by atoms with Gasteiger partial charge in [-0.15, -0.1) is 11.6 Å². The molecule has 1 unspecified atom stereocenters. The number of fused-ring (bicyclic) bond motifs is 1. The molecule has 1 aliphatic rings. The highest BCUT2D eigenvalue weighted by Gasteiger charge is 2.10. The molecule has 2 heteroatoms. The van der Waals surface area contributed by atoms with E-state index in [1.54, 1.807) is 11.1 Å². The zero-order chi connectivity index (χ0) is 12.1. The van der Waals surface area contributed by atoms with Crippen LogP contribution in [0.15, 0.2) is 18.2 Å². The SMILES string of the molecule is CCC(Cl)CCNCc1ccc2c(c1)CCC2. The van der Waals surface area contributed by atoms with E-state index in [-0.39, 0.29) is 0 Å². The summed E-state index contributed by atoms with van der Waals surface area (Å²) in [6.45, 7) is 4.12. The predicted octanol–water partition coefficient (Wildman–Crippen LogP) is 3.67. The maximum absolute atomic E-state index is 6.08. The predicted molar refractivity (Wildman–Crippen MR) is 74.7 cm³/mol. The van der Waals surface area contributed by atoms with Gasteiger partial charge in [0.25, 0.3) is 0 Å². The molecule has 1 aliphatic carbocycles. The molecule has 1 atom stereocenters. The molecule has 2 rings (SSSR count). The van der Waals surface area contributed by atoms with Gasteiger partial charge in [-0.25, -0.2) is 0 Å². The highest BCUT2D eigenvalue weighted by molar-refractivity contribution is 6.20. The molecule has 0 bridgehead atoms. The number of benzene rings is 1. The minimum atomic E-state index is 0.322. The molecule has 0 heterocycles. The lowest BCUT2D eigenvalue weighted by Gasteiger charge is -2.09. The average molecular weight is 252 g/mol. The van der Waals surface area contributed by atoms with Gasteiger partial charge in [-0.3, -0.25) is 0 Å². The molecule has 1 N–H and O–H groups in total. The normalized spacial score (nSPS) is 15.9. The number of rotatable bonds is 6. The van der Waals surface area contributed by atoms with Crippen LogP contribution in [-0.2, 0) is 19.4 Å². The first-order valence-electron chi connectivity index (χ1n) is 6.75. The molecule has 17 heavy (non-hydrogen) atoms. The molecule has 0 aromatic heterocycles. The van der Waals surface area contributed by atoms with Crippen molar-refractivity contribution in [2.24, 2.45) is 0 Å². The van der Waals surface area contributed by atoms with Gasteiger partial charge < -0.3 is 5.32 Å². The average Bonchev–Trinajstić information content (AvgIpc) is 2.81. The summed E-state index contributed by atoms with van der Waals surface area (Å²) in [6, 6.07) is 6.93. The van der Waals surface area contributed by atoms with Gasteiger partial charge >= 0.3 is 0 Å². The molecular weight excluding hydrogens is 230 g/mol. The van der Waals surface area contributed by atoms with Crippen molar-refractivity contribution in [3.8, 4) is 0 Å². The van der Waals surface area contributed by atoms with E-state index in [2.05, 4.69) is 30.4 Å². The lowest BCUT2D eigenvalue weighted by atomic mass is 10.1. The van der Waals surface area contributed by atoms with Crippen molar-refractivity contribution in [1.82, 2.24) is 5.32 Å². The van der Waals surface area contributed by atoms with Gasteiger partial charge in [0.2, 0.25) is 0 Å². The summed E-state index contributed by atoms with van der Waals surface area (Å²) in [5.74, 6) is 0. The van der Waals surface area contributed by atoms with Crippen LogP contribution in [0, 0.1) is 0 Å². The fourth-order valence-electron chi connectivity index (χ4n) is 2.43. The van der Waals surface area contributed by atoms with Crippen LogP contribution in [0.2, 0.25) is 0 Å². The van der Waals surface area contributed by atoms with Crippen LogP contribution >= 0.6 is 11.6 Å². The van der Waals surface area contributed by atoms with Crippen molar-refractivity contribution in [2.75, 3.05) is 6.54 Å². The minimum Gasteiger partial charge on any atom is -0.313 e. The van der Waals surface area contributed by atoms with Gasteiger partial charge in [-0.2, -0.15) is 0 Å². The van der Waals surface area contributed by atoms with Crippen LogP contribution in [0.1, 0.15) is 42.9 Å². The minimum absolute atomic E-state index is 0.322. The first kappa shape index (κ1) is 12.9. The molecule has 0 fully saturated rings. The highest BCUT2D eigenvalue weighted by atomic mass is 35.5. The second-order valence-corrected chi connectivity index (χ2v) is 5.54. The third kappa shape index (κ3) is 3.72. The Labute approximate surface area is 110 Å². The fourth-order valence-corrected chi connectivity index (χ4v) is 2.54. The number of aryl methyl sites for hydroxylation is 2. The number of hydrogen-bond donors (Lipinski definition) is 1. The van der Waals surface area contributed by atoms with Crippen molar-refractivity contribution >= 4 is 11.6 Å². The molecule has 0 aliphatic heterocycles. The Kier molecular flexibility index (Phi) is 4.87. The van der Waals surface area contributed by atoms with Crippen molar-refractivity contribution < 1.29 is 0 Å². The van der Waals surface area contributed by atoms with E-state index in [0.29, 0.717) is 5.38 Å². The maximum atomic E-state index is 6.08. The molecule has 1 aromatic rings.